The summed E-state index contributed by atoms with van der Waals surface area (Å²) in [6, 6.07) is 10.2. The molecule has 1 saturated carbocycles. The first-order chi connectivity index (χ1) is 20.6. The molecule has 2 aromatic heterocycles. The molecule has 0 spiro atoms. The summed E-state index contributed by atoms with van der Waals surface area (Å²) in [6.07, 6.45) is 4.69. The first-order valence-electron chi connectivity index (χ1n) is 13.4. The standard InChI is InChI=1S/C29H31ClFN5O6S/c1-35-24(8-11-34-35)21-12-19(37)5-7-25(21)42-27-15-23(31)28(14-22(27)30)43(38,39)36(29-9-10-32-17-33-29)16-18-4-6-20(40-2)13-26(18)41-3/h4,6,8-11,13-15,17,19,21,25,37H,5,7,12,16H2,1-3H3/t19-,21+,25-/m0/s1. The van der Waals surface area contributed by atoms with Crippen LogP contribution in [0.2, 0.25) is 5.02 Å². The summed E-state index contributed by atoms with van der Waals surface area (Å²) in [5.41, 5.74) is 1.34. The van der Waals surface area contributed by atoms with Crippen LogP contribution in [-0.4, -0.2) is 59.7 Å². The van der Waals surface area contributed by atoms with E-state index in [2.05, 4.69) is 15.1 Å². The third-order valence-electron chi connectivity index (χ3n) is 7.46. The molecule has 1 aliphatic carbocycles. The SMILES string of the molecule is COc1ccc(CN(c2ccncn2)S(=O)(=O)c2cc(Cl)c(O[C@H]3CC[C@H](O)C[C@@H]3c3ccnn3C)cc2F)c(OC)c1. The normalized spacial score (nSPS) is 18.7. The molecule has 11 nitrogen and oxygen atoms in total. The van der Waals surface area contributed by atoms with Gasteiger partial charge in [-0.3, -0.25) is 4.68 Å². The van der Waals surface area contributed by atoms with Gasteiger partial charge in [0.25, 0.3) is 10.0 Å². The van der Waals surface area contributed by atoms with Crippen LogP contribution in [-0.2, 0) is 23.6 Å². The van der Waals surface area contributed by atoms with E-state index in [0.717, 1.165) is 22.1 Å². The fourth-order valence-corrected chi connectivity index (χ4v) is 7.00. The van der Waals surface area contributed by atoms with E-state index in [1.807, 2.05) is 6.07 Å². The molecule has 5 rings (SSSR count). The molecule has 0 radical (unpaired) electrons. The molecule has 1 fully saturated rings. The van der Waals surface area contributed by atoms with Crippen LogP contribution in [0.5, 0.6) is 17.2 Å². The number of halogens is 2. The van der Waals surface area contributed by atoms with Gasteiger partial charge in [-0.15, -0.1) is 0 Å². The minimum absolute atomic E-state index is 0.00270. The first kappa shape index (κ1) is 30.5. The predicted octanol–water partition coefficient (Wildman–Crippen LogP) is 4.49. The summed E-state index contributed by atoms with van der Waals surface area (Å²) < 4.78 is 63.4. The van der Waals surface area contributed by atoms with E-state index in [1.54, 1.807) is 36.1 Å². The molecule has 0 saturated heterocycles. The summed E-state index contributed by atoms with van der Waals surface area (Å²) in [6.45, 7) is -0.237. The third kappa shape index (κ3) is 6.38. The average molecular weight is 632 g/mol. The Bertz CT molecular complexity index is 1690. The van der Waals surface area contributed by atoms with E-state index in [-0.39, 0.29) is 29.1 Å². The summed E-state index contributed by atoms with van der Waals surface area (Å²) in [5.74, 6) is -0.375. The fourth-order valence-electron chi connectivity index (χ4n) is 5.26. The zero-order valence-corrected chi connectivity index (χ0v) is 25.3. The Morgan fingerprint density at radius 2 is 1.91 bits per heavy atom. The largest absolute Gasteiger partial charge is 0.497 e. The van der Waals surface area contributed by atoms with Crippen molar-refractivity contribution in [1.29, 1.82) is 0 Å². The second kappa shape index (κ2) is 12.7. The number of rotatable bonds is 10. The summed E-state index contributed by atoms with van der Waals surface area (Å²) in [4.78, 5) is 7.33. The highest BCUT2D eigenvalue weighted by Gasteiger charge is 2.36. The highest BCUT2D eigenvalue weighted by Crippen LogP contribution is 2.39. The Kier molecular flexibility index (Phi) is 9.04. The molecule has 1 aliphatic rings. The molecule has 4 aromatic rings. The molecule has 0 aliphatic heterocycles. The Morgan fingerprint density at radius 3 is 2.58 bits per heavy atom. The van der Waals surface area contributed by atoms with Crippen molar-refractivity contribution in [3.8, 4) is 17.2 Å². The highest BCUT2D eigenvalue weighted by molar-refractivity contribution is 7.92. The number of sulfonamides is 1. The number of hydrogen-bond donors (Lipinski definition) is 1. The van der Waals surface area contributed by atoms with Crippen molar-refractivity contribution >= 4 is 27.4 Å². The van der Waals surface area contributed by atoms with Crippen molar-refractivity contribution in [3.05, 3.63) is 83.3 Å². The van der Waals surface area contributed by atoms with Gasteiger partial charge < -0.3 is 19.3 Å². The van der Waals surface area contributed by atoms with E-state index in [0.29, 0.717) is 36.3 Å². The third-order valence-corrected chi connectivity index (χ3v) is 9.52. The van der Waals surface area contributed by atoms with E-state index in [4.69, 9.17) is 25.8 Å². The van der Waals surface area contributed by atoms with Gasteiger partial charge in [-0.25, -0.2) is 27.1 Å². The molecule has 14 heteroatoms. The lowest BCUT2D eigenvalue weighted by Crippen LogP contribution is -2.35. The van der Waals surface area contributed by atoms with Gasteiger partial charge in [-0.2, -0.15) is 5.10 Å². The van der Waals surface area contributed by atoms with Crippen LogP contribution in [0.25, 0.3) is 0 Å². The molecule has 43 heavy (non-hydrogen) atoms. The van der Waals surface area contributed by atoms with Crippen LogP contribution >= 0.6 is 11.6 Å². The maximum atomic E-state index is 15.8. The Labute approximate surface area is 253 Å². The zero-order valence-electron chi connectivity index (χ0n) is 23.7. The van der Waals surface area contributed by atoms with Gasteiger partial charge >= 0.3 is 0 Å². The van der Waals surface area contributed by atoms with E-state index >= 15 is 4.39 Å². The van der Waals surface area contributed by atoms with Crippen LogP contribution in [0.3, 0.4) is 0 Å². The molecule has 2 aromatic carbocycles. The highest BCUT2D eigenvalue weighted by atomic mass is 35.5. The van der Waals surface area contributed by atoms with E-state index in [9.17, 15) is 13.5 Å². The Hall–Kier alpha value is -3.94. The van der Waals surface area contributed by atoms with Crippen molar-refractivity contribution < 1.29 is 32.1 Å². The first-order valence-corrected chi connectivity index (χ1v) is 15.3. The van der Waals surface area contributed by atoms with Crippen molar-refractivity contribution in [2.45, 2.75) is 48.8 Å². The number of nitrogens with zero attached hydrogens (tertiary/aromatic N) is 5. The second-order valence-electron chi connectivity index (χ2n) is 10.1. The van der Waals surface area contributed by atoms with Gasteiger partial charge in [-0.1, -0.05) is 11.6 Å². The molecule has 228 valence electrons. The van der Waals surface area contributed by atoms with Gasteiger partial charge in [0.05, 0.1) is 31.9 Å². The van der Waals surface area contributed by atoms with Gasteiger partial charge in [0.2, 0.25) is 0 Å². The van der Waals surface area contributed by atoms with Gasteiger partial charge in [0.1, 0.15) is 46.2 Å². The maximum absolute atomic E-state index is 15.8. The number of ether oxygens (including phenoxy) is 3. The monoisotopic (exact) mass is 631 g/mol. The van der Waals surface area contributed by atoms with Gasteiger partial charge in [0.15, 0.2) is 0 Å². The zero-order chi connectivity index (χ0) is 30.7. The lowest BCUT2D eigenvalue weighted by Gasteiger charge is -2.34. The summed E-state index contributed by atoms with van der Waals surface area (Å²) in [7, 11) is 0.191. The number of aliphatic hydroxyl groups is 1. The number of aryl methyl sites for hydroxylation is 1. The number of aliphatic hydroxyl groups excluding tert-OH is 1. The molecule has 3 atom stereocenters. The number of aromatic nitrogens is 4. The minimum atomic E-state index is -4.56. The van der Waals surface area contributed by atoms with E-state index in [1.165, 1.54) is 32.8 Å². The summed E-state index contributed by atoms with van der Waals surface area (Å²) >= 11 is 6.55. The van der Waals surface area contributed by atoms with Crippen molar-refractivity contribution in [3.63, 3.8) is 0 Å². The van der Waals surface area contributed by atoms with Crippen molar-refractivity contribution in [1.82, 2.24) is 19.7 Å². The van der Waals surface area contributed by atoms with Crippen LogP contribution < -0.4 is 18.5 Å². The Balaban J connectivity index is 1.49. The molecule has 0 amide bonds. The molecular formula is C29H31ClFN5O6S. The molecular weight excluding hydrogens is 601 g/mol. The number of methoxy groups -OCH3 is 2. The van der Waals surface area contributed by atoms with Crippen LogP contribution in [0.4, 0.5) is 10.2 Å². The van der Waals surface area contributed by atoms with Crippen LogP contribution in [0, 0.1) is 5.82 Å². The quantitative estimate of drug-likeness (QED) is 0.269. The number of benzene rings is 2. The van der Waals surface area contributed by atoms with Crippen LogP contribution in [0.15, 0.2) is 66.1 Å². The van der Waals surface area contributed by atoms with Crippen LogP contribution in [0.1, 0.15) is 36.4 Å². The molecule has 1 N–H and O–H groups in total. The maximum Gasteiger partial charge on any atom is 0.268 e. The Morgan fingerprint density at radius 1 is 1.09 bits per heavy atom. The fraction of sp³-hybridized carbons (Fsp3) is 0.345. The predicted molar refractivity (Wildman–Crippen MR) is 157 cm³/mol. The minimum Gasteiger partial charge on any atom is -0.497 e. The molecule has 2 heterocycles. The van der Waals surface area contributed by atoms with E-state index < -0.39 is 32.9 Å². The molecule has 0 unspecified atom stereocenters. The lowest BCUT2D eigenvalue weighted by molar-refractivity contribution is 0.0462. The molecule has 0 bridgehead atoms. The van der Waals surface area contributed by atoms with Gasteiger partial charge in [0, 0.05) is 54.8 Å². The summed E-state index contributed by atoms with van der Waals surface area (Å²) in [5, 5.41) is 14.5. The van der Waals surface area contributed by atoms with Gasteiger partial charge in [-0.05, 0) is 43.5 Å². The number of anilines is 1. The lowest BCUT2D eigenvalue weighted by atomic mass is 9.82. The topological polar surface area (TPSA) is 129 Å². The number of hydrogen-bond acceptors (Lipinski definition) is 9. The second-order valence-corrected chi connectivity index (χ2v) is 12.3. The smallest absolute Gasteiger partial charge is 0.268 e. The van der Waals surface area contributed by atoms with Crippen molar-refractivity contribution in [2.75, 3.05) is 18.5 Å². The van der Waals surface area contributed by atoms with Crippen molar-refractivity contribution in [2.24, 2.45) is 7.05 Å². The average Bonchev–Trinajstić information content (AvgIpc) is 3.44.